The molecule has 0 aliphatic heterocycles. The topological polar surface area (TPSA) is 68.0 Å². The zero-order valence-electron chi connectivity index (χ0n) is 14.4. The Hall–Kier alpha value is -0.360. The third kappa shape index (κ3) is 4.63. The Morgan fingerprint density at radius 2 is 2.00 bits per heavy atom. The molecule has 2 fully saturated rings. The van der Waals surface area contributed by atoms with E-state index in [0.29, 0.717) is 17.9 Å². The lowest BCUT2D eigenvalue weighted by Crippen LogP contribution is -2.49. The number of aromatic nitrogens is 1. The van der Waals surface area contributed by atoms with Crippen LogP contribution in [-0.2, 0) is 4.79 Å². The summed E-state index contributed by atoms with van der Waals surface area (Å²) >= 11 is 1.64. The Balaban J connectivity index is 0.00000144. The van der Waals surface area contributed by atoms with E-state index < -0.39 is 0 Å². The van der Waals surface area contributed by atoms with Gasteiger partial charge in [0.25, 0.3) is 0 Å². The first-order chi connectivity index (χ1) is 10.6. The quantitative estimate of drug-likeness (QED) is 0.811. The predicted octanol–water partition coefficient (Wildman–Crippen LogP) is 4.02. The monoisotopic (exact) mass is 393 g/mol. The standard InChI is InChI=1S/C17H27N3OS.2ClH/c1-3-14(17-19-10(2)9-22-17)20-16(21)13-7-11-5-4-6-12(8-13)15(11)18;;/h9,11-15H,3-8,18H2,1-2H3,(H,20,21);2*1H. The summed E-state index contributed by atoms with van der Waals surface area (Å²) in [4.78, 5) is 17.2. The summed E-state index contributed by atoms with van der Waals surface area (Å²) in [6, 6.07) is 0.378. The van der Waals surface area contributed by atoms with Crippen LogP contribution in [0, 0.1) is 24.7 Å². The van der Waals surface area contributed by atoms with Crippen LogP contribution in [0.1, 0.15) is 62.2 Å². The van der Waals surface area contributed by atoms with Gasteiger partial charge in [0.15, 0.2) is 0 Å². The molecular weight excluding hydrogens is 365 g/mol. The second-order valence-electron chi connectivity index (χ2n) is 6.99. The minimum absolute atomic E-state index is 0. The van der Waals surface area contributed by atoms with Crippen molar-refractivity contribution in [1.82, 2.24) is 10.3 Å². The number of nitrogens with two attached hydrogens (primary N) is 1. The SMILES string of the molecule is CCC(NC(=O)C1CC2CCCC(C1)C2N)c1nc(C)cs1.Cl.Cl. The summed E-state index contributed by atoms with van der Waals surface area (Å²) in [6.45, 7) is 4.10. The maximum Gasteiger partial charge on any atom is 0.223 e. The largest absolute Gasteiger partial charge is 0.347 e. The fraction of sp³-hybridized carbons (Fsp3) is 0.765. The van der Waals surface area contributed by atoms with Gasteiger partial charge in [0.2, 0.25) is 5.91 Å². The molecule has 2 aliphatic rings. The summed E-state index contributed by atoms with van der Waals surface area (Å²) in [5.41, 5.74) is 7.36. The van der Waals surface area contributed by atoms with Gasteiger partial charge in [-0.25, -0.2) is 4.98 Å². The number of aryl methyl sites for hydroxylation is 1. The molecule has 0 saturated heterocycles. The van der Waals surface area contributed by atoms with Crippen LogP contribution in [-0.4, -0.2) is 16.9 Å². The molecule has 1 aromatic rings. The fourth-order valence-corrected chi connectivity index (χ4v) is 5.09. The van der Waals surface area contributed by atoms with Crippen LogP contribution >= 0.6 is 36.2 Å². The molecule has 0 spiro atoms. The van der Waals surface area contributed by atoms with Gasteiger partial charge in [0.05, 0.1) is 6.04 Å². The van der Waals surface area contributed by atoms with Crippen molar-refractivity contribution >= 4 is 42.1 Å². The van der Waals surface area contributed by atoms with Crippen LogP contribution < -0.4 is 11.1 Å². The van der Waals surface area contributed by atoms with Gasteiger partial charge in [0.1, 0.15) is 5.01 Å². The van der Waals surface area contributed by atoms with E-state index in [1.54, 1.807) is 11.3 Å². The Bertz CT molecular complexity index is 526. The van der Waals surface area contributed by atoms with Gasteiger partial charge in [0, 0.05) is 23.0 Å². The lowest BCUT2D eigenvalue weighted by Gasteiger charge is -2.43. The lowest BCUT2D eigenvalue weighted by atomic mass is 9.65. The van der Waals surface area contributed by atoms with Crippen LogP contribution in [0.3, 0.4) is 0 Å². The van der Waals surface area contributed by atoms with Gasteiger partial charge in [-0.15, -0.1) is 36.2 Å². The van der Waals surface area contributed by atoms with Crippen LogP contribution in [0.2, 0.25) is 0 Å². The third-order valence-corrected chi connectivity index (χ3v) is 6.52. The molecule has 3 rings (SSSR count). The molecule has 2 bridgehead atoms. The van der Waals surface area contributed by atoms with Crippen molar-refractivity contribution in [3.05, 3.63) is 16.1 Å². The minimum Gasteiger partial charge on any atom is -0.347 e. The second-order valence-corrected chi connectivity index (χ2v) is 7.88. The third-order valence-electron chi connectivity index (χ3n) is 5.44. The van der Waals surface area contributed by atoms with Gasteiger partial charge in [-0.1, -0.05) is 13.3 Å². The van der Waals surface area contributed by atoms with Crippen molar-refractivity contribution in [3.8, 4) is 0 Å². The maximum absolute atomic E-state index is 12.7. The molecule has 3 N–H and O–H groups in total. The molecule has 2 aliphatic carbocycles. The Labute approximate surface area is 161 Å². The predicted molar refractivity (Wildman–Crippen MR) is 104 cm³/mol. The molecule has 138 valence electrons. The number of nitrogens with zero attached hydrogens (tertiary/aromatic N) is 1. The zero-order chi connectivity index (χ0) is 15.7. The highest BCUT2D eigenvalue weighted by atomic mass is 35.5. The first-order valence-electron chi connectivity index (χ1n) is 8.56. The molecule has 24 heavy (non-hydrogen) atoms. The number of rotatable bonds is 4. The van der Waals surface area contributed by atoms with E-state index in [0.717, 1.165) is 30.0 Å². The van der Waals surface area contributed by atoms with Crippen LogP contribution in [0.15, 0.2) is 5.38 Å². The highest BCUT2D eigenvalue weighted by molar-refractivity contribution is 7.09. The Kier molecular flexibility index (Phi) is 8.46. The molecule has 3 unspecified atom stereocenters. The molecule has 1 heterocycles. The number of halogens is 2. The van der Waals surface area contributed by atoms with Crippen molar-refractivity contribution in [1.29, 1.82) is 0 Å². The van der Waals surface area contributed by atoms with Gasteiger partial charge in [-0.05, 0) is 50.9 Å². The number of hydrogen-bond donors (Lipinski definition) is 2. The van der Waals surface area contributed by atoms with Crippen LogP contribution in [0.4, 0.5) is 0 Å². The average Bonchev–Trinajstić information content (AvgIpc) is 2.90. The van der Waals surface area contributed by atoms with Crippen molar-refractivity contribution in [2.24, 2.45) is 23.5 Å². The van der Waals surface area contributed by atoms with E-state index in [1.807, 2.05) is 12.3 Å². The van der Waals surface area contributed by atoms with Crippen LogP contribution in [0.25, 0.3) is 0 Å². The number of carbonyl (C=O) groups excluding carboxylic acids is 1. The molecule has 4 nitrogen and oxygen atoms in total. The number of amides is 1. The van der Waals surface area contributed by atoms with Gasteiger partial charge in [-0.2, -0.15) is 0 Å². The average molecular weight is 394 g/mol. The first-order valence-corrected chi connectivity index (χ1v) is 9.44. The number of nitrogens with one attached hydrogen (secondary N) is 1. The maximum atomic E-state index is 12.7. The highest BCUT2D eigenvalue weighted by Crippen LogP contribution is 2.42. The van der Waals surface area contributed by atoms with Gasteiger partial charge in [-0.3, -0.25) is 4.79 Å². The number of carbonyl (C=O) groups is 1. The van der Waals surface area contributed by atoms with Gasteiger partial charge < -0.3 is 11.1 Å². The molecular formula is C17H29Cl2N3OS. The molecule has 2 saturated carbocycles. The summed E-state index contributed by atoms with van der Waals surface area (Å²) in [5, 5.41) is 6.32. The normalized spacial score (nSPS) is 29.8. The summed E-state index contributed by atoms with van der Waals surface area (Å²) in [6.07, 6.45) is 6.51. The van der Waals surface area contributed by atoms with E-state index in [1.165, 1.54) is 19.3 Å². The van der Waals surface area contributed by atoms with Crippen molar-refractivity contribution < 1.29 is 4.79 Å². The van der Waals surface area contributed by atoms with Crippen molar-refractivity contribution in [3.63, 3.8) is 0 Å². The smallest absolute Gasteiger partial charge is 0.223 e. The van der Waals surface area contributed by atoms with E-state index in [4.69, 9.17) is 5.73 Å². The highest BCUT2D eigenvalue weighted by Gasteiger charge is 2.40. The van der Waals surface area contributed by atoms with E-state index >= 15 is 0 Å². The van der Waals surface area contributed by atoms with Crippen molar-refractivity contribution in [2.45, 2.75) is 64.5 Å². The Morgan fingerprint density at radius 1 is 1.38 bits per heavy atom. The second kappa shape index (κ2) is 9.37. The summed E-state index contributed by atoms with van der Waals surface area (Å²) < 4.78 is 0. The molecule has 0 aromatic carbocycles. The van der Waals surface area contributed by atoms with Crippen molar-refractivity contribution in [2.75, 3.05) is 0 Å². The molecule has 1 aromatic heterocycles. The number of fused-ring (bicyclic) bond motifs is 2. The van der Waals surface area contributed by atoms with Crippen LogP contribution in [0.5, 0.6) is 0 Å². The zero-order valence-corrected chi connectivity index (χ0v) is 16.8. The number of hydrogen-bond acceptors (Lipinski definition) is 4. The molecule has 3 atom stereocenters. The Morgan fingerprint density at radius 3 is 2.50 bits per heavy atom. The fourth-order valence-electron chi connectivity index (χ4n) is 4.16. The van der Waals surface area contributed by atoms with E-state index in [-0.39, 0.29) is 42.7 Å². The summed E-state index contributed by atoms with van der Waals surface area (Å²) in [5.74, 6) is 1.45. The minimum atomic E-state index is 0. The molecule has 1 amide bonds. The molecule has 7 heteroatoms. The number of thiazole rings is 1. The van der Waals surface area contributed by atoms with Gasteiger partial charge >= 0.3 is 0 Å². The lowest BCUT2D eigenvalue weighted by molar-refractivity contribution is -0.128. The summed E-state index contributed by atoms with van der Waals surface area (Å²) in [7, 11) is 0. The van der Waals surface area contributed by atoms with E-state index in [9.17, 15) is 4.79 Å². The first kappa shape index (κ1) is 21.7. The molecule has 0 radical (unpaired) electrons. The van der Waals surface area contributed by atoms with E-state index in [2.05, 4.69) is 17.2 Å².